The van der Waals surface area contributed by atoms with Crippen LogP contribution in [0.3, 0.4) is 0 Å². The number of rotatable bonds is 6. The van der Waals surface area contributed by atoms with E-state index in [1.807, 2.05) is 0 Å². The number of hydrogen-bond donors (Lipinski definition) is 2. The second-order valence-electron chi connectivity index (χ2n) is 7.61. The van der Waals surface area contributed by atoms with Gasteiger partial charge in [0.15, 0.2) is 0 Å². The summed E-state index contributed by atoms with van der Waals surface area (Å²) in [4.78, 5) is 10.4. The molecule has 1 saturated heterocycles. The predicted octanol–water partition coefficient (Wildman–Crippen LogP) is 4.04. The van der Waals surface area contributed by atoms with Crippen molar-refractivity contribution < 1.29 is 14.2 Å². The van der Waals surface area contributed by atoms with Gasteiger partial charge in [-0.2, -0.15) is 0 Å². The molecule has 1 aromatic carbocycles. The average Bonchev–Trinajstić information content (AvgIpc) is 2.59. The average molecular weight is 477 g/mol. The smallest absolute Gasteiger partial charge is 0.203 e. The Balaban J connectivity index is 1.42. The molecule has 6 heteroatoms. The molecule has 3 rings (SSSR count). The number of halogens is 1. The highest BCUT2D eigenvalue weighted by molar-refractivity contribution is 14.1. The highest BCUT2D eigenvalue weighted by Crippen LogP contribution is 2.46. The SMILES string of the molecule is O=P(O)(CC1CCCCC1)C[C@H]1CN[C@H](Cc2ccc(I)cc2)CO1. The molecular formula is C19H29INO3P. The Morgan fingerprint density at radius 1 is 1.16 bits per heavy atom. The minimum Gasteiger partial charge on any atom is -0.375 e. The van der Waals surface area contributed by atoms with Gasteiger partial charge in [-0.15, -0.1) is 0 Å². The van der Waals surface area contributed by atoms with Gasteiger partial charge in [0, 0.05) is 22.3 Å². The van der Waals surface area contributed by atoms with E-state index in [0.717, 1.165) is 19.3 Å². The molecule has 1 aliphatic carbocycles. The van der Waals surface area contributed by atoms with E-state index in [0.29, 0.717) is 31.4 Å². The summed E-state index contributed by atoms with van der Waals surface area (Å²) in [6, 6.07) is 8.84. The predicted molar refractivity (Wildman–Crippen MR) is 111 cm³/mol. The van der Waals surface area contributed by atoms with Gasteiger partial charge in [-0.05, 0) is 65.5 Å². The molecule has 2 aliphatic rings. The van der Waals surface area contributed by atoms with Crippen LogP contribution in [0.1, 0.15) is 37.7 Å². The van der Waals surface area contributed by atoms with E-state index in [-0.39, 0.29) is 12.1 Å². The van der Waals surface area contributed by atoms with E-state index in [1.165, 1.54) is 28.4 Å². The number of nitrogens with one attached hydrogen (secondary N) is 1. The summed E-state index contributed by atoms with van der Waals surface area (Å²) in [5.74, 6) is 0.440. The topological polar surface area (TPSA) is 58.6 Å². The molecule has 1 unspecified atom stereocenters. The maximum absolute atomic E-state index is 12.6. The van der Waals surface area contributed by atoms with E-state index < -0.39 is 7.37 Å². The maximum atomic E-state index is 12.6. The Labute approximate surface area is 164 Å². The molecule has 4 nitrogen and oxygen atoms in total. The molecule has 1 aliphatic heterocycles. The van der Waals surface area contributed by atoms with Crippen molar-refractivity contribution in [3.05, 3.63) is 33.4 Å². The summed E-state index contributed by atoms with van der Waals surface area (Å²) in [7, 11) is -3.09. The van der Waals surface area contributed by atoms with Crippen molar-refractivity contribution in [3.63, 3.8) is 0 Å². The summed E-state index contributed by atoms with van der Waals surface area (Å²) in [5, 5.41) is 3.50. The van der Waals surface area contributed by atoms with Crippen molar-refractivity contribution in [1.82, 2.24) is 5.32 Å². The van der Waals surface area contributed by atoms with Crippen LogP contribution in [0.25, 0.3) is 0 Å². The van der Waals surface area contributed by atoms with Crippen LogP contribution in [-0.2, 0) is 15.7 Å². The highest BCUT2D eigenvalue weighted by Gasteiger charge is 2.31. The molecule has 0 bridgehead atoms. The molecule has 0 spiro atoms. The zero-order valence-electron chi connectivity index (χ0n) is 14.7. The number of benzene rings is 1. The van der Waals surface area contributed by atoms with Gasteiger partial charge in [0.1, 0.15) is 0 Å². The van der Waals surface area contributed by atoms with E-state index in [4.69, 9.17) is 4.74 Å². The molecule has 1 aromatic rings. The quantitative estimate of drug-likeness (QED) is 0.480. The van der Waals surface area contributed by atoms with E-state index in [1.54, 1.807) is 0 Å². The summed E-state index contributed by atoms with van der Waals surface area (Å²) in [5.41, 5.74) is 1.30. The lowest BCUT2D eigenvalue weighted by Crippen LogP contribution is -2.48. The lowest BCUT2D eigenvalue weighted by molar-refractivity contribution is 0.0162. The molecule has 2 fully saturated rings. The van der Waals surface area contributed by atoms with Crippen LogP contribution in [0, 0.1) is 9.49 Å². The molecule has 1 heterocycles. The molecule has 2 N–H and O–H groups in total. The van der Waals surface area contributed by atoms with Gasteiger partial charge < -0.3 is 14.9 Å². The zero-order valence-corrected chi connectivity index (χ0v) is 17.8. The van der Waals surface area contributed by atoms with Gasteiger partial charge in [-0.3, -0.25) is 4.57 Å². The Kier molecular flexibility index (Phi) is 7.38. The molecule has 0 amide bonds. The second-order valence-corrected chi connectivity index (χ2v) is 11.3. The first-order valence-electron chi connectivity index (χ1n) is 9.40. The molecule has 0 radical (unpaired) electrons. The van der Waals surface area contributed by atoms with E-state index >= 15 is 0 Å². The Morgan fingerprint density at radius 3 is 2.52 bits per heavy atom. The van der Waals surface area contributed by atoms with Gasteiger partial charge >= 0.3 is 0 Å². The van der Waals surface area contributed by atoms with Gasteiger partial charge in [0.25, 0.3) is 0 Å². The molecular weight excluding hydrogens is 448 g/mol. The number of morpholine rings is 1. The Morgan fingerprint density at radius 2 is 1.88 bits per heavy atom. The minimum absolute atomic E-state index is 0.132. The normalized spacial score (nSPS) is 27.8. The van der Waals surface area contributed by atoms with Gasteiger partial charge in [-0.1, -0.05) is 31.4 Å². The molecule has 0 aromatic heterocycles. The first-order chi connectivity index (χ1) is 12.0. The fourth-order valence-electron chi connectivity index (χ4n) is 3.99. The molecule has 25 heavy (non-hydrogen) atoms. The molecule has 140 valence electrons. The fourth-order valence-corrected chi connectivity index (χ4v) is 6.54. The molecule has 1 saturated carbocycles. The van der Waals surface area contributed by atoms with Crippen LogP contribution in [0.2, 0.25) is 0 Å². The number of hydrogen-bond acceptors (Lipinski definition) is 3. The standard InChI is InChI=1S/C19H29INO3P/c20-17-8-6-15(7-9-17)10-18-12-24-19(11-21-18)14-25(22,23)13-16-4-2-1-3-5-16/h6-9,16,18-19,21H,1-5,10-14H2,(H,22,23)/t18-,19-/m1/s1. The van der Waals surface area contributed by atoms with Gasteiger partial charge in [0.05, 0.1) is 18.9 Å². The third kappa shape index (κ3) is 6.62. The second kappa shape index (κ2) is 9.32. The van der Waals surface area contributed by atoms with Crippen LogP contribution >= 0.6 is 30.0 Å². The maximum Gasteiger partial charge on any atom is 0.203 e. The van der Waals surface area contributed by atoms with Crippen LogP contribution in [0.15, 0.2) is 24.3 Å². The van der Waals surface area contributed by atoms with Gasteiger partial charge in [-0.25, -0.2) is 0 Å². The zero-order chi connectivity index (χ0) is 17.7. The van der Waals surface area contributed by atoms with Crippen LogP contribution in [0.4, 0.5) is 0 Å². The fraction of sp³-hybridized carbons (Fsp3) is 0.684. The van der Waals surface area contributed by atoms with Crippen LogP contribution in [-0.4, -0.2) is 42.5 Å². The lowest BCUT2D eigenvalue weighted by Gasteiger charge is -2.32. The highest BCUT2D eigenvalue weighted by atomic mass is 127. The van der Waals surface area contributed by atoms with Crippen LogP contribution in [0.5, 0.6) is 0 Å². The van der Waals surface area contributed by atoms with Crippen molar-refractivity contribution in [2.75, 3.05) is 25.5 Å². The summed E-state index contributed by atoms with van der Waals surface area (Å²) in [6.07, 6.45) is 7.53. The van der Waals surface area contributed by atoms with Crippen LogP contribution < -0.4 is 5.32 Å². The Bertz CT molecular complexity index is 581. The van der Waals surface area contributed by atoms with Gasteiger partial charge in [0.2, 0.25) is 7.37 Å². The van der Waals surface area contributed by atoms with Crippen molar-refractivity contribution in [1.29, 1.82) is 0 Å². The first-order valence-corrected chi connectivity index (χ1v) is 12.5. The lowest BCUT2D eigenvalue weighted by atomic mass is 9.91. The van der Waals surface area contributed by atoms with E-state index in [9.17, 15) is 9.46 Å². The Hall–Kier alpha value is 0.0600. The van der Waals surface area contributed by atoms with E-state index in [2.05, 4.69) is 52.2 Å². The minimum atomic E-state index is -3.09. The third-order valence-electron chi connectivity index (χ3n) is 5.32. The molecule has 3 atom stereocenters. The van der Waals surface area contributed by atoms with Crippen molar-refractivity contribution in [3.8, 4) is 0 Å². The van der Waals surface area contributed by atoms with Crippen molar-refractivity contribution >= 4 is 30.0 Å². The van der Waals surface area contributed by atoms with Crippen molar-refractivity contribution in [2.24, 2.45) is 5.92 Å². The monoisotopic (exact) mass is 477 g/mol. The number of ether oxygens (including phenoxy) is 1. The van der Waals surface area contributed by atoms with Crippen molar-refractivity contribution in [2.45, 2.75) is 50.7 Å². The largest absolute Gasteiger partial charge is 0.375 e. The summed E-state index contributed by atoms with van der Waals surface area (Å²) >= 11 is 2.31. The first kappa shape index (κ1) is 19.8. The summed E-state index contributed by atoms with van der Waals surface area (Å²) < 4.78 is 19.8. The summed E-state index contributed by atoms with van der Waals surface area (Å²) in [6.45, 7) is 1.28. The third-order valence-corrected chi connectivity index (χ3v) is 8.10.